The maximum atomic E-state index is 11.1. The van der Waals surface area contributed by atoms with Gasteiger partial charge in [-0.25, -0.2) is 0 Å². The van der Waals surface area contributed by atoms with Gasteiger partial charge in [-0.3, -0.25) is 4.79 Å². The third kappa shape index (κ3) is 3.83. The Balaban J connectivity index is 2.43. The molecule has 1 aromatic rings. The van der Waals surface area contributed by atoms with Crippen LogP contribution in [0, 0.1) is 0 Å². The number of hydrogen-bond donors (Lipinski definition) is 3. The highest BCUT2D eigenvalue weighted by atomic mass is 79.9. The largest absolute Gasteiger partial charge is 0.506 e. The van der Waals surface area contributed by atoms with E-state index in [1.54, 1.807) is 6.07 Å². The van der Waals surface area contributed by atoms with E-state index in [1.165, 1.54) is 0 Å². The SMILES string of the molecule is CCNC(=O)CNCc1cccc(Br)c1O. The fraction of sp³-hybridized carbons (Fsp3) is 0.364. The van der Waals surface area contributed by atoms with E-state index in [2.05, 4.69) is 26.6 Å². The van der Waals surface area contributed by atoms with E-state index in [9.17, 15) is 9.90 Å². The van der Waals surface area contributed by atoms with E-state index < -0.39 is 0 Å². The number of rotatable bonds is 5. The Bertz CT molecular complexity index is 369. The van der Waals surface area contributed by atoms with Crippen LogP contribution in [0.15, 0.2) is 22.7 Å². The van der Waals surface area contributed by atoms with Gasteiger partial charge in [0.05, 0.1) is 11.0 Å². The maximum Gasteiger partial charge on any atom is 0.233 e. The summed E-state index contributed by atoms with van der Waals surface area (Å²) < 4.78 is 0.657. The predicted octanol–water partition coefficient (Wildman–Crippen LogP) is 1.38. The molecular formula is C11H15BrN2O2. The summed E-state index contributed by atoms with van der Waals surface area (Å²) in [5.41, 5.74) is 0.763. The van der Waals surface area contributed by atoms with E-state index in [4.69, 9.17) is 0 Å². The number of carbonyl (C=O) groups is 1. The summed E-state index contributed by atoms with van der Waals surface area (Å²) in [6.07, 6.45) is 0. The van der Waals surface area contributed by atoms with E-state index in [-0.39, 0.29) is 18.2 Å². The standard InChI is InChI=1S/C11H15BrN2O2/c1-2-14-10(15)7-13-6-8-4-3-5-9(12)11(8)16/h3-5,13,16H,2,6-7H2,1H3,(H,14,15). The van der Waals surface area contributed by atoms with Crippen molar-refractivity contribution in [3.8, 4) is 5.75 Å². The smallest absolute Gasteiger partial charge is 0.233 e. The van der Waals surface area contributed by atoms with E-state index in [0.717, 1.165) is 5.56 Å². The average molecular weight is 287 g/mol. The highest BCUT2D eigenvalue weighted by molar-refractivity contribution is 9.10. The summed E-state index contributed by atoms with van der Waals surface area (Å²) in [7, 11) is 0. The Labute approximate surface area is 103 Å². The molecule has 0 bridgehead atoms. The Morgan fingerprint density at radius 1 is 1.50 bits per heavy atom. The van der Waals surface area contributed by atoms with Gasteiger partial charge < -0.3 is 15.7 Å². The number of carbonyl (C=O) groups excluding carboxylic acids is 1. The van der Waals surface area contributed by atoms with Crippen LogP contribution in [0.1, 0.15) is 12.5 Å². The van der Waals surface area contributed by atoms with E-state index in [1.807, 2.05) is 19.1 Å². The second-order valence-electron chi connectivity index (χ2n) is 3.30. The number of benzene rings is 1. The van der Waals surface area contributed by atoms with Crippen molar-refractivity contribution < 1.29 is 9.90 Å². The van der Waals surface area contributed by atoms with Crippen LogP contribution < -0.4 is 10.6 Å². The van der Waals surface area contributed by atoms with Crippen molar-refractivity contribution in [1.29, 1.82) is 0 Å². The fourth-order valence-electron chi connectivity index (χ4n) is 1.27. The van der Waals surface area contributed by atoms with Gasteiger partial charge in [0.2, 0.25) is 5.91 Å². The summed E-state index contributed by atoms with van der Waals surface area (Å²) in [6.45, 7) is 3.21. The molecule has 0 heterocycles. The van der Waals surface area contributed by atoms with Crippen molar-refractivity contribution in [3.05, 3.63) is 28.2 Å². The van der Waals surface area contributed by atoms with Crippen LogP contribution in [-0.4, -0.2) is 24.1 Å². The monoisotopic (exact) mass is 286 g/mol. The zero-order valence-electron chi connectivity index (χ0n) is 9.09. The average Bonchev–Trinajstić information content (AvgIpc) is 2.25. The van der Waals surface area contributed by atoms with Crippen molar-refractivity contribution in [2.24, 2.45) is 0 Å². The molecule has 1 rings (SSSR count). The summed E-state index contributed by atoms with van der Waals surface area (Å²) in [5, 5.41) is 15.3. The molecule has 0 aliphatic rings. The van der Waals surface area contributed by atoms with E-state index >= 15 is 0 Å². The zero-order chi connectivity index (χ0) is 12.0. The maximum absolute atomic E-state index is 11.1. The van der Waals surface area contributed by atoms with Crippen molar-refractivity contribution >= 4 is 21.8 Å². The van der Waals surface area contributed by atoms with Gasteiger partial charge >= 0.3 is 0 Å². The first-order valence-corrected chi connectivity index (χ1v) is 5.88. The minimum atomic E-state index is -0.0445. The highest BCUT2D eigenvalue weighted by Crippen LogP contribution is 2.26. The predicted molar refractivity (Wildman–Crippen MR) is 66.2 cm³/mol. The molecule has 16 heavy (non-hydrogen) atoms. The molecule has 0 spiro atoms. The van der Waals surface area contributed by atoms with Crippen LogP contribution in [-0.2, 0) is 11.3 Å². The third-order valence-corrected chi connectivity index (χ3v) is 2.69. The number of phenols is 1. The molecule has 0 aromatic heterocycles. The molecule has 0 saturated carbocycles. The summed E-state index contributed by atoms with van der Waals surface area (Å²) >= 11 is 3.23. The fourth-order valence-corrected chi connectivity index (χ4v) is 1.68. The number of nitrogens with one attached hydrogen (secondary N) is 2. The lowest BCUT2D eigenvalue weighted by molar-refractivity contribution is -0.120. The summed E-state index contributed by atoms with van der Waals surface area (Å²) in [5.74, 6) is 0.169. The van der Waals surface area contributed by atoms with Gasteiger partial charge in [-0.1, -0.05) is 12.1 Å². The number of para-hydroxylation sites is 1. The van der Waals surface area contributed by atoms with Crippen molar-refractivity contribution in [1.82, 2.24) is 10.6 Å². The van der Waals surface area contributed by atoms with Gasteiger partial charge in [-0.15, -0.1) is 0 Å². The van der Waals surface area contributed by atoms with Gasteiger partial charge in [0.25, 0.3) is 0 Å². The lowest BCUT2D eigenvalue weighted by Crippen LogP contribution is -2.33. The van der Waals surface area contributed by atoms with Crippen LogP contribution in [0.5, 0.6) is 5.75 Å². The first-order valence-electron chi connectivity index (χ1n) is 5.09. The van der Waals surface area contributed by atoms with Crippen LogP contribution >= 0.6 is 15.9 Å². The number of phenolic OH excluding ortho intramolecular Hbond substituents is 1. The molecule has 1 aromatic carbocycles. The highest BCUT2D eigenvalue weighted by Gasteiger charge is 2.05. The van der Waals surface area contributed by atoms with Gasteiger partial charge in [0, 0.05) is 18.7 Å². The lowest BCUT2D eigenvalue weighted by atomic mass is 10.2. The van der Waals surface area contributed by atoms with Crippen molar-refractivity contribution in [2.75, 3.05) is 13.1 Å². The normalized spacial score (nSPS) is 10.1. The Hall–Kier alpha value is -1.07. The minimum Gasteiger partial charge on any atom is -0.506 e. The third-order valence-electron chi connectivity index (χ3n) is 2.05. The van der Waals surface area contributed by atoms with Gasteiger partial charge in [-0.2, -0.15) is 0 Å². The first kappa shape index (κ1) is 13.0. The first-order chi connectivity index (χ1) is 7.65. The molecule has 88 valence electrons. The molecule has 0 atom stereocenters. The Morgan fingerprint density at radius 2 is 2.25 bits per heavy atom. The molecular weight excluding hydrogens is 272 g/mol. The van der Waals surface area contributed by atoms with Crippen LogP contribution in [0.25, 0.3) is 0 Å². The number of amides is 1. The van der Waals surface area contributed by atoms with Crippen LogP contribution in [0.3, 0.4) is 0 Å². The molecule has 0 fully saturated rings. The molecule has 0 saturated heterocycles. The molecule has 3 N–H and O–H groups in total. The second-order valence-corrected chi connectivity index (χ2v) is 4.16. The quantitative estimate of drug-likeness (QED) is 0.766. The topological polar surface area (TPSA) is 61.4 Å². The lowest BCUT2D eigenvalue weighted by Gasteiger charge is -2.07. The number of aromatic hydroxyl groups is 1. The van der Waals surface area contributed by atoms with Gasteiger partial charge in [0.15, 0.2) is 0 Å². The van der Waals surface area contributed by atoms with Crippen LogP contribution in [0.4, 0.5) is 0 Å². The summed E-state index contributed by atoms with van der Waals surface area (Å²) in [6, 6.07) is 5.42. The molecule has 0 unspecified atom stereocenters. The second kappa shape index (κ2) is 6.50. The molecule has 4 nitrogen and oxygen atoms in total. The number of likely N-dealkylation sites (N-methyl/N-ethyl adjacent to an activating group) is 1. The minimum absolute atomic E-state index is 0.0445. The van der Waals surface area contributed by atoms with Crippen molar-refractivity contribution in [3.63, 3.8) is 0 Å². The number of halogens is 1. The van der Waals surface area contributed by atoms with Crippen LogP contribution in [0.2, 0.25) is 0 Å². The Morgan fingerprint density at radius 3 is 2.94 bits per heavy atom. The Kier molecular flexibility index (Phi) is 5.28. The van der Waals surface area contributed by atoms with Crippen molar-refractivity contribution in [2.45, 2.75) is 13.5 Å². The summed E-state index contributed by atoms with van der Waals surface area (Å²) in [4.78, 5) is 11.1. The molecule has 5 heteroatoms. The molecule has 0 radical (unpaired) electrons. The molecule has 1 amide bonds. The van der Waals surface area contributed by atoms with Gasteiger partial charge in [-0.05, 0) is 28.9 Å². The zero-order valence-corrected chi connectivity index (χ0v) is 10.7. The van der Waals surface area contributed by atoms with Gasteiger partial charge in [0.1, 0.15) is 5.75 Å². The van der Waals surface area contributed by atoms with E-state index in [0.29, 0.717) is 17.6 Å². The molecule has 0 aliphatic heterocycles. The molecule has 0 aliphatic carbocycles. The number of hydrogen-bond acceptors (Lipinski definition) is 3.